The van der Waals surface area contributed by atoms with Gasteiger partial charge in [0, 0.05) is 6.42 Å². The predicted octanol–water partition coefficient (Wildman–Crippen LogP) is -0.443. The molecule has 0 saturated carbocycles. The summed E-state index contributed by atoms with van der Waals surface area (Å²) in [7, 11) is 0. The SMILES string of the molecule is O=C(O)[C@H](Cc1ccccc1)NOCC(O)CO. The molecule has 0 spiro atoms. The Bertz CT molecular complexity index is 357. The molecule has 0 heterocycles. The van der Waals surface area contributed by atoms with Gasteiger partial charge in [-0.1, -0.05) is 30.3 Å². The molecule has 6 nitrogen and oxygen atoms in total. The molecule has 0 aliphatic rings. The standard InChI is InChI=1S/C12H17NO5/c14-7-10(15)8-18-13-11(12(16)17)6-9-4-2-1-3-5-9/h1-5,10-11,13-15H,6-8H2,(H,16,17)/t10?,11-/m0/s1. The Morgan fingerprint density at radius 3 is 2.56 bits per heavy atom. The number of hydrogen-bond acceptors (Lipinski definition) is 5. The average Bonchev–Trinajstić information content (AvgIpc) is 2.38. The molecule has 1 rings (SSSR count). The number of nitrogens with one attached hydrogen (secondary N) is 1. The molecule has 2 atom stereocenters. The molecule has 0 radical (unpaired) electrons. The minimum absolute atomic E-state index is 0.172. The topological polar surface area (TPSA) is 99.0 Å². The van der Waals surface area contributed by atoms with Crippen molar-refractivity contribution in [1.29, 1.82) is 0 Å². The van der Waals surface area contributed by atoms with Crippen LogP contribution in [0.1, 0.15) is 5.56 Å². The molecule has 0 amide bonds. The van der Waals surface area contributed by atoms with Gasteiger partial charge in [-0.25, -0.2) is 0 Å². The summed E-state index contributed by atoms with van der Waals surface area (Å²) in [5, 5.41) is 26.6. The minimum Gasteiger partial charge on any atom is -0.480 e. The largest absolute Gasteiger partial charge is 0.480 e. The van der Waals surface area contributed by atoms with Crippen LogP contribution in [0.15, 0.2) is 30.3 Å². The third-order valence-electron chi connectivity index (χ3n) is 2.29. The third kappa shape index (κ3) is 5.24. The second-order valence-electron chi connectivity index (χ2n) is 3.85. The van der Waals surface area contributed by atoms with E-state index in [4.69, 9.17) is 20.2 Å². The molecule has 1 aromatic carbocycles. The van der Waals surface area contributed by atoms with Crippen molar-refractivity contribution in [3.05, 3.63) is 35.9 Å². The number of benzene rings is 1. The maximum absolute atomic E-state index is 11.0. The van der Waals surface area contributed by atoms with Crippen molar-refractivity contribution < 1.29 is 25.0 Å². The van der Waals surface area contributed by atoms with Crippen LogP contribution < -0.4 is 5.48 Å². The van der Waals surface area contributed by atoms with E-state index in [0.29, 0.717) is 0 Å². The van der Waals surface area contributed by atoms with Crippen LogP contribution in [0.3, 0.4) is 0 Å². The lowest BCUT2D eigenvalue weighted by Crippen LogP contribution is -2.40. The van der Waals surface area contributed by atoms with Gasteiger partial charge in [0.05, 0.1) is 13.2 Å². The van der Waals surface area contributed by atoms with E-state index in [0.717, 1.165) is 5.56 Å². The first-order chi connectivity index (χ1) is 8.63. The minimum atomic E-state index is -1.04. The monoisotopic (exact) mass is 255 g/mol. The fraction of sp³-hybridized carbons (Fsp3) is 0.417. The number of hydrogen-bond donors (Lipinski definition) is 4. The van der Waals surface area contributed by atoms with Gasteiger partial charge >= 0.3 is 5.97 Å². The number of aliphatic hydroxyl groups is 2. The number of aliphatic hydroxyl groups excluding tert-OH is 2. The van der Waals surface area contributed by atoms with Gasteiger partial charge in [0.2, 0.25) is 0 Å². The second kappa shape index (κ2) is 7.78. The zero-order valence-electron chi connectivity index (χ0n) is 9.82. The van der Waals surface area contributed by atoms with Crippen LogP contribution in [-0.4, -0.2) is 46.6 Å². The van der Waals surface area contributed by atoms with Crippen LogP contribution in [-0.2, 0) is 16.1 Å². The first-order valence-corrected chi connectivity index (χ1v) is 5.56. The van der Waals surface area contributed by atoms with Crippen molar-refractivity contribution in [2.75, 3.05) is 13.2 Å². The van der Waals surface area contributed by atoms with Gasteiger partial charge in [-0.15, -0.1) is 0 Å². The van der Waals surface area contributed by atoms with E-state index in [-0.39, 0.29) is 13.0 Å². The highest BCUT2D eigenvalue weighted by Crippen LogP contribution is 2.03. The Kier molecular flexibility index (Phi) is 6.31. The van der Waals surface area contributed by atoms with Gasteiger partial charge in [0.25, 0.3) is 0 Å². The Balaban J connectivity index is 2.43. The summed E-state index contributed by atoms with van der Waals surface area (Å²) < 4.78 is 0. The molecule has 0 aliphatic carbocycles. The molecule has 0 bridgehead atoms. The Morgan fingerprint density at radius 1 is 1.33 bits per heavy atom. The summed E-state index contributed by atoms with van der Waals surface area (Å²) >= 11 is 0. The molecule has 0 saturated heterocycles. The predicted molar refractivity (Wildman–Crippen MR) is 63.8 cm³/mol. The highest BCUT2D eigenvalue weighted by Gasteiger charge is 2.18. The van der Waals surface area contributed by atoms with Crippen molar-refractivity contribution in [1.82, 2.24) is 5.48 Å². The normalized spacial score (nSPS) is 14.1. The van der Waals surface area contributed by atoms with E-state index in [1.807, 2.05) is 30.3 Å². The molecule has 1 unspecified atom stereocenters. The molecule has 0 aromatic heterocycles. The van der Waals surface area contributed by atoms with Crippen LogP contribution in [0.5, 0.6) is 0 Å². The third-order valence-corrected chi connectivity index (χ3v) is 2.29. The zero-order valence-corrected chi connectivity index (χ0v) is 9.82. The molecule has 4 N–H and O–H groups in total. The number of aliphatic carboxylic acids is 1. The molecular weight excluding hydrogens is 238 g/mol. The van der Waals surface area contributed by atoms with Gasteiger partial charge in [0.15, 0.2) is 0 Å². The van der Waals surface area contributed by atoms with E-state index in [1.165, 1.54) is 0 Å². The fourth-order valence-corrected chi connectivity index (χ4v) is 1.33. The number of rotatable bonds is 8. The lowest BCUT2D eigenvalue weighted by atomic mass is 10.1. The van der Waals surface area contributed by atoms with Crippen molar-refractivity contribution in [2.45, 2.75) is 18.6 Å². The van der Waals surface area contributed by atoms with Gasteiger partial charge in [0.1, 0.15) is 12.1 Å². The quantitative estimate of drug-likeness (QED) is 0.470. The van der Waals surface area contributed by atoms with E-state index in [2.05, 4.69) is 5.48 Å². The van der Waals surface area contributed by atoms with E-state index in [1.54, 1.807) is 0 Å². The molecule has 100 valence electrons. The smallest absolute Gasteiger partial charge is 0.323 e. The summed E-state index contributed by atoms with van der Waals surface area (Å²) in [6.07, 6.45) is -0.755. The van der Waals surface area contributed by atoms with Crippen molar-refractivity contribution >= 4 is 5.97 Å². The first-order valence-electron chi connectivity index (χ1n) is 5.56. The fourth-order valence-electron chi connectivity index (χ4n) is 1.33. The second-order valence-corrected chi connectivity index (χ2v) is 3.85. The van der Waals surface area contributed by atoms with Gasteiger partial charge in [-0.05, 0) is 5.56 Å². The number of carbonyl (C=O) groups is 1. The van der Waals surface area contributed by atoms with E-state index >= 15 is 0 Å². The molecule has 6 heteroatoms. The van der Waals surface area contributed by atoms with Gasteiger partial charge in [-0.3, -0.25) is 9.63 Å². The maximum atomic E-state index is 11.0. The molecular formula is C12H17NO5. The summed E-state index contributed by atoms with van der Waals surface area (Å²) in [6.45, 7) is -0.604. The van der Waals surface area contributed by atoms with Crippen molar-refractivity contribution in [3.8, 4) is 0 Å². The number of carboxylic acid groups (broad SMARTS) is 1. The lowest BCUT2D eigenvalue weighted by Gasteiger charge is -2.15. The first kappa shape index (κ1) is 14.6. The summed E-state index contributed by atoms with van der Waals surface area (Å²) in [6, 6.07) is 8.23. The highest BCUT2D eigenvalue weighted by molar-refractivity contribution is 5.73. The molecule has 0 fully saturated rings. The van der Waals surface area contributed by atoms with Crippen LogP contribution in [0.4, 0.5) is 0 Å². The van der Waals surface area contributed by atoms with Gasteiger partial charge < -0.3 is 15.3 Å². The Morgan fingerprint density at radius 2 is 2.00 bits per heavy atom. The van der Waals surface area contributed by atoms with Crippen LogP contribution in [0.2, 0.25) is 0 Å². The van der Waals surface area contributed by atoms with Gasteiger partial charge in [-0.2, -0.15) is 5.48 Å². The van der Waals surface area contributed by atoms with Crippen LogP contribution in [0, 0.1) is 0 Å². The average molecular weight is 255 g/mol. The zero-order chi connectivity index (χ0) is 13.4. The van der Waals surface area contributed by atoms with Crippen LogP contribution >= 0.6 is 0 Å². The molecule has 0 aliphatic heterocycles. The highest BCUT2D eigenvalue weighted by atomic mass is 16.7. The van der Waals surface area contributed by atoms with Crippen LogP contribution in [0.25, 0.3) is 0 Å². The summed E-state index contributed by atoms with van der Waals surface area (Å²) in [5.74, 6) is -1.04. The number of hydroxylamine groups is 1. The Labute approximate surface area is 105 Å². The maximum Gasteiger partial charge on any atom is 0.323 e. The lowest BCUT2D eigenvalue weighted by molar-refractivity contribution is -0.145. The van der Waals surface area contributed by atoms with E-state index in [9.17, 15) is 4.79 Å². The molecule has 1 aromatic rings. The van der Waals surface area contributed by atoms with Crippen molar-refractivity contribution in [2.24, 2.45) is 0 Å². The number of carboxylic acids is 1. The van der Waals surface area contributed by atoms with E-state index < -0.39 is 24.7 Å². The summed E-state index contributed by atoms with van der Waals surface area (Å²) in [5.41, 5.74) is 3.23. The van der Waals surface area contributed by atoms with Crippen molar-refractivity contribution in [3.63, 3.8) is 0 Å². The Hall–Kier alpha value is -1.47. The summed E-state index contributed by atoms with van der Waals surface area (Å²) in [4.78, 5) is 15.8. The molecule has 18 heavy (non-hydrogen) atoms.